The number of thioether (sulfide) groups is 1. The first kappa shape index (κ1) is 22.9. The molecular weight excluding hydrogens is 412 g/mol. The molecule has 1 fully saturated rings. The van der Waals surface area contributed by atoms with E-state index in [-0.39, 0.29) is 18.3 Å². The van der Waals surface area contributed by atoms with Crippen molar-refractivity contribution in [3.05, 3.63) is 58.7 Å². The van der Waals surface area contributed by atoms with Gasteiger partial charge in [-0.2, -0.15) is 0 Å². The molecule has 7 heteroatoms. The van der Waals surface area contributed by atoms with Crippen molar-refractivity contribution in [3.8, 4) is 0 Å². The number of amides is 2. The van der Waals surface area contributed by atoms with Gasteiger partial charge < -0.3 is 15.0 Å². The summed E-state index contributed by atoms with van der Waals surface area (Å²) in [6, 6.07) is 11.0. The molecule has 1 saturated heterocycles. The number of hydrogen-bond donors (Lipinski definition) is 1. The Morgan fingerprint density at radius 2 is 1.68 bits per heavy atom. The zero-order valence-corrected chi connectivity index (χ0v) is 19.0. The molecule has 2 aromatic carbocycles. The molecule has 1 aliphatic heterocycles. The molecule has 31 heavy (non-hydrogen) atoms. The fourth-order valence-corrected chi connectivity index (χ4v) is 4.66. The summed E-state index contributed by atoms with van der Waals surface area (Å²) in [6.45, 7) is 7.09. The normalized spacial score (nSPS) is 13.2. The zero-order chi connectivity index (χ0) is 22.4. The molecule has 164 valence electrons. The molecule has 0 unspecified atom stereocenters. The van der Waals surface area contributed by atoms with Crippen molar-refractivity contribution >= 4 is 35.2 Å². The van der Waals surface area contributed by atoms with E-state index in [2.05, 4.69) is 5.32 Å². The molecule has 0 bridgehead atoms. The van der Waals surface area contributed by atoms with E-state index in [0.29, 0.717) is 10.5 Å². The van der Waals surface area contributed by atoms with E-state index >= 15 is 0 Å². The van der Waals surface area contributed by atoms with Gasteiger partial charge in [-0.1, -0.05) is 29.8 Å². The van der Waals surface area contributed by atoms with Gasteiger partial charge in [0.15, 0.2) is 6.61 Å². The standard InChI is InChI=1S/C24H28N2O4S/c1-16-12-17(2)23(18(3)13-16)25-21(27)14-30-24(29)19-8-4-5-9-20(19)31-15-22(28)26-10-6-7-11-26/h4-5,8-9,12-13H,6-7,10-11,14-15H2,1-3H3,(H,25,27). The Bertz CT molecular complexity index is 960. The van der Waals surface area contributed by atoms with Crippen molar-refractivity contribution in [2.45, 2.75) is 38.5 Å². The van der Waals surface area contributed by atoms with Gasteiger partial charge in [0.1, 0.15) is 0 Å². The van der Waals surface area contributed by atoms with Crippen molar-refractivity contribution in [2.75, 3.05) is 30.8 Å². The third kappa shape index (κ3) is 6.10. The monoisotopic (exact) mass is 440 g/mol. The van der Waals surface area contributed by atoms with Crippen LogP contribution in [-0.2, 0) is 14.3 Å². The zero-order valence-electron chi connectivity index (χ0n) is 18.2. The lowest BCUT2D eigenvalue weighted by molar-refractivity contribution is -0.127. The average Bonchev–Trinajstić information content (AvgIpc) is 3.28. The molecule has 0 aromatic heterocycles. The van der Waals surface area contributed by atoms with Crippen molar-refractivity contribution in [3.63, 3.8) is 0 Å². The smallest absolute Gasteiger partial charge is 0.339 e. The molecule has 1 aliphatic rings. The maximum absolute atomic E-state index is 12.6. The highest BCUT2D eigenvalue weighted by Gasteiger charge is 2.20. The number of ether oxygens (including phenoxy) is 1. The molecule has 2 amide bonds. The second kappa shape index (κ2) is 10.5. The number of carbonyl (C=O) groups excluding carboxylic acids is 3. The first-order valence-corrected chi connectivity index (χ1v) is 11.4. The summed E-state index contributed by atoms with van der Waals surface area (Å²) >= 11 is 1.32. The summed E-state index contributed by atoms with van der Waals surface area (Å²) in [4.78, 5) is 39.8. The maximum atomic E-state index is 12.6. The largest absolute Gasteiger partial charge is 0.452 e. The van der Waals surface area contributed by atoms with Gasteiger partial charge in [0.2, 0.25) is 5.91 Å². The second-order valence-corrected chi connectivity index (χ2v) is 8.79. The summed E-state index contributed by atoms with van der Waals surface area (Å²) in [6.07, 6.45) is 2.09. The predicted octanol–water partition coefficient (Wildman–Crippen LogP) is 4.12. The summed E-state index contributed by atoms with van der Waals surface area (Å²) in [5, 5.41) is 2.83. The minimum absolute atomic E-state index is 0.0777. The van der Waals surface area contributed by atoms with Crippen LogP contribution < -0.4 is 5.32 Å². The number of anilines is 1. The van der Waals surface area contributed by atoms with E-state index in [0.717, 1.165) is 48.3 Å². The fraction of sp³-hybridized carbons (Fsp3) is 0.375. The highest BCUT2D eigenvalue weighted by Crippen LogP contribution is 2.25. The highest BCUT2D eigenvalue weighted by molar-refractivity contribution is 8.00. The number of aryl methyl sites for hydroxylation is 3. The SMILES string of the molecule is Cc1cc(C)c(NC(=O)COC(=O)c2ccccc2SCC(=O)N2CCCC2)c(C)c1. The molecule has 3 rings (SSSR count). The van der Waals surface area contributed by atoms with Crippen LogP contribution >= 0.6 is 11.8 Å². The van der Waals surface area contributed by atoms with Gasteiger partial charge in [0, 0.05) is 23.7 Å². The summed E-state index contributed by atoms with van der Waals surface area (Å²) < 4.78 is 5.25. The van der Waals surface area contributed by atoms with Crippen LogP contribution in [0.5, 0.6) is 0 Å². The third-order valence-corrected chi connectivity index (χ3v) is 6.25. The molecule has 2 aromatic rings. The number of hydrogen-bond acceptors (Lipinski definition) is 5. The molecule has 6 nitrogen and oxygen atoms in total. The number of nitrogens with one attached hydrogen (secondary N) is 1. The molecular formula is C24H28N2O4S. The van der Waals surface area contributed by atoms with E-state index in [4.69, 9.17) is 4.74 Å². The molecule has 0 radical (unpaired) electrons. The maximum Gasteiger partial charge on any atom is 0.339 e. The van der Waals surface area contributed by atoms with E-state index in [9.17, 15) is 14.4 Å². The number of likely N-dealkylation sites (tertiary alicyclic amines) is 1. The Balaban J connectivity index is 1.57. The number of benzene rings is 2. The van der Waals surface area contributed by atoms with Gasteiger partial charge in [0.25, 0.3) is 5.91 Å². The van der Waals surface area contributed by atoms with Crippen molar-refractivity contribution in [1.29, 1.82) is 0 Å². The molecule has 0 spiro atoms. The van der Waals surface area contributed by atoms with E-state index in [1.54, 1.807) is 18.2 Å². The quantitative estimate of drug-likeness (QED) is 0.518. The Morgan fingerprint density at radius 3 is 2.35 bits per heavy atom. The van der Waals surface area contributed by atoms with Crippen LogP contribution in [0.3, 0.4) is 0 Å². The van der Waals surface area contributed by atoms with E-state index < -0.39 is 11.9 Å². The Morgan fingerprint density at radius 1 is 1.03 bits per heavy atom. The Hall–Kier alpha value is -2.80. The molecule has 0 saturated carbocycles. The summed E-state index contributed by atoms with van der Waals surface area (Å²) in [5.41, 5.74) is 4.14. The number of carbonyl (C=O) groups is 3. The second-order valence-electron chi connectivity index (χ2n) is 7.77. The van der Waals surface area contributed by atoms with Gasteiger partial charge >= 0.3 is 5.97 Å². The predicted molar refractivity (Wildman–Crippen MR) is 123 cm³/mol. The van der Waals surface area contributed by atoms with Crippen LogP contribution in [0.15, 0.2) is 41.3 Å². The van der Waals surface area contributed by atoms with Gasteiger partial charge in [-0.05, 0) is 56.9 Å². The molecule has 0 aliphatic carbocycles. The van der Waals surface area contributed by atoms with Crippen molar-refractivity contribution < 1.29 is 19.1 Å². The van der Waals surface area contributed by atoms with Gasteiger partial charge in [-0.3, -0.25) is 9.59 Å². The number of nitrogens with zero attached hydrogens (tertiary/aromatic N) is 1. The number of rotatable bonds is 7. The van der Waals surface area contributed by atoms with Gasteiger partial charge in [-0.15, -0.1) is 11.8 Å². The van der Waals surface area contributed by atoms with Crippen LogP contribution in [0.25, 0.3) is 0 Å². The minimum atomic E-state index is -0.579. The van der Waals surface area contributed by atoms with Crippen LogP contribution in [0.1, 0.15) is 39.9 Å². The average molecular weight is 441 g/mol. The van der Waals surface area contributed by atoms with Crippen molar-refractivity contribution in [1.82, 2.24) is 4.90 Å². The van der Waals surface area contributed by atoms with Gasteiger partial charge in [0.05, 0.1) is 11.3 Å². The van der Waals surface area contributed by atoms with Crippen LogP contribution in [0.4, 0.5) is 5.69 Å². The first-order valence-electron chi connectivity index (χ1n) is 10.4. The molecule has 0 atom stereocenters. The highest BCUT2D eigenvalue weighted by atomic mass is 32.2. The minimum Gasteiger partial charge on any atom is -0.452 e. The lowest BCUT2D eigenvalue weighted by Gasteiger charge is -2.15. The van der Waals surface area contributed by atoms with Crippen LogP contribution in [-0.4, -0.2) is 48.1 Å². The van der Waals surface area contributed by atoms with Gasteiger partial charge in [-0.25, -0.2) is 4.79 Å². The Labute approximate surface area is 187 Å². The summed E-state index contributed by atoms with van der Waals surface area (Å²) in [7, 11) is 0. The van der Waals surface area contributed by atoms with Crippen molar-refractivity contribution in [2.24, 2.45) is 0 Å². The summed E-state index contributed by atoms with van der Waals surface area (Å²) in [5.74, 6) is -0.618. The van der Waals surface area contributed by atoms with E-state index in [1.807, 2.05) is 43.9 Å². The topological polar surface area (TPSA) is 75.7 Å². The number of esters is 1. The third-order valence-electron chi connectivity index (χ3n) is 5.19. The van der Waals surface area contributed by atoms with Crippen LogP contribution in [0.2, 0.25) is 0 Å². The molecule has 1 N–H and O–H groups in total. The lowest BCUT2D eigenvalue weighted by Crippen LogP contribution is -2.29. The van der Waals surface area contributed by atoms with E-state index in [1.165, 1.54) is 11.8 Å². The Kier molecular flexibility index (Phi) is 7.74. The molecule has 1 heterocycles. The van der Waals surface area contributed by atoms with Crippen LogP contribution in [0, 0.1) is 20.8 Å². The first-order chi connectivity index (χ1) is 14.8. The fourth-order valence-electron chi connectivity index (χ4n) is 3.72. The lowest BCUT2D eigenvalue weighted by atomic mass is 10.1.